The van der Waals surface area contributed by atoms with E-state index in [1.807, 2.05) is 0 Å². The van der Waals surface area contributed by atoms with E-state index in [0.29, 0.717) is 5.56 Å². The summed E-state index contributed by atoms with van der Waals surface area (Å²) in [6.07, 6.45) is 1.51. The number of rotatable bonds is 2. The predicted octanol–water partition coefficient (Wildman–Crippen LogP) is 4.09. The highest BCUT2D eigenvalue weighted by atomic mass is 35.5. The van der Waals surface area contributed by atoms with Gasteiger partial charge in [-0.05, 0) is 17.7 Å². The molecule has 0 bridgehead atoms. The van der Waals surface area contributed by atoms with Crippen molar-refractivity contribution in [1.82, 2.24) is 0 Å². The van der Waals surface area contributed by atoms with Gasteiger partial charge in [0.05, 0.1) is 0 Å². The van der Waals surface area contributed by atoms with Crippen LogP contribution in [0.3, 0.4) is 0 Å². The Hall–Kier alpha value is -0.890. The zero-order valence-corrected chi connectivity index (χ0v) is 7.91. The SMILES string of the molecule is C=Cc1ccc(Cl)c(C(C)(F)F)c1. The molecule has 0 N–H and O–H groups in total. The van der Waals surface area contributed by atoms with E-state index in [4.69, 9.17) is 11.6 Å². The fourth-order valence-corrected chi connectivity index (χ4v) is 1.29. The van der Waals surface area contributed by atoms with Crippen molar-refractivity contribution >= 4 is 17.7 Å². The number of halogens is 3. The Balaban J connectivity index is 3.27. The molecular weight excluding hydrogens is 194 g/mol. The van der Waals surface area contributed by atoms with Crippen molar-refractivity contribution in [2.24, 2.45) is 0 Å². The zero-order valence-electron chi connectivity index (χ0n) is 7.15. The van der Waals surface area contributed by atoms with Gasteiger partial charge >= 0.3 is 0 Å². The lowest BCUT2D eigenvalue weighted by Gasteiger charge is -2.12. The van der Waals surface area contributed by atoms with Crippen molar-refractivity contribution in [3.63, 3.8) is 0 Å². The smallest absolute Gasteiger partial charge is 0.202 e. The number of benzene rings is 1. The van der Waals surface area contributed by atoms with Gasteiger partial charge in [-0.3, -0.25) is 0 Å². The molecule has 0 atom stereocenters. The van der Waals surface area contributed by atoms with Crippen molar-refractivity contribution in [1.29, 1.82) is 0 Å². The molecule has 0 aliphatic heterocycles. The minimum Gasteiger partial charge on any atom is -0.202 e. The monoisotopic (exact) mass is 202 g/mol. The molecule has 0 aliphatic carbocycles. The van der Waals surface area contributed by atoms with Crippen LogP contribution < -0.4 is 0 Å². The molecule has 0 nitrogen and oxygen atoms in total. The molecule has 1 rings (SSSR count). The third kappa shape index (κ3) is 2.28. The van der Waals surface area contributed by atoms with Gasteiger partial charge in [-0.25, -0.2) is 8.78 Å². The molecule has 0 radical (unpaired) electrons. The third-order valence-electron chi connectivity index (χ3n) is 1.70. The van der Waals surface area contributed by atoms with Gasteiger partial charge in [0, 0.05) is 17.5 Å². The quantitative estimate of drug-likeness (QED) is 0.678. The lowest BCUT2D eigenvalue weighted by atomic mass is 10.1. The first kappa shape index (κ1) is 10.2. The molecule has 3 heteroatoms. The van der Waals surface area contributed by atoms with Crippen LogP contribution in [0, 0.1) is 0 Å². The molecule has 1 aromatic carbocycles. The summed E-state index contributed by atoms with van der Waals surface area (Å²) in [7, 11) is 0. The first-order chi connectivity index (χ1) is 5.95. The fourth-order valence-electron chi connectivity index (χ4n) is 1.01. The molecule has 1 aromatic rings. The van der Waals surface area contributed by atoms with Crippen LogP contribution in [0.25, 0.3) is 6.08 Å². The zero-order chi connectivity index (χ0) is 10.1. The molecule has 0 spiro atoms. The summed E-state index contributed by atoms with van der Waals surface area (Å²) in [5.74, 6) is -2.91. The van der Waals surface area contributed by atoms with Crippen molar-refractivity contribution in [3.8, 4) is 0 Å². The molecule has 0 unspecified atom stereocenters. The Bertz CT molecular complexity index is 326. The van der Waals surface area contributed by atoms with Gasteiger partial charge in [-0.2, -0.15) is 0 Å². The average Bonchev–Trinajstić information content (AvgIpc) is 2.03. The largest absolute Gasteiger partial charge is 0.271 e. The highest BCUT2D eigenvalue weighted by molar-refractivity contribution is 6.31. The molecule has 70 valence electrons. The second-order valence-electron chi connectivity index (χ2n) is 2.83. The van der Waals surface area contributed by atoms with Gasteiger partial charge in [0.2, 0.25) is 0 Å². The summed E-state index contributed by atoms with van der Waals surface area (Å²) in [5.41, 5.74) is 0.479. The Labute approximate surface area is 80.8 Å². The van der Waals surface area contributed by atoms with Crippen LogP contribution in [-0.4, -0.2) is 0 Å². The topological polar surface area (TPSA) is 0 Å². The summed E-state index contributed by atoms with van der Waals surface area (Å²) < 4.78 is 25.8. The van der Waals surface area contributed by atoms with Crippen LogP contribution in [0.15, 0.2) is 24.8 Å². The van der Waals surface area contributed by atoms with E-state index in [2.05, 4.69) is 6.58 Å². The van der Waals surface area contributed by atoms with Crippen LogP contribution in [0.4, 0.5) is 8.78 Å². The number of hydrogen-bond acceptors (Lipinski definition) is 0. The van der Waals surface area contributed by atoms with Crippen LogP contribution in [0.2, 0.25) is 5.02 Å². The Kier molecular flexibility index (Phi) is 2.71. The first-order valence-electron chi connectivity index (χ1n) is 3.75. The number of hydrogen-bond donors (Lipinski definition) is 0. The van der Waals surface area contributed by atoms with Gasteiger partial charge in [-0.1, -0.05) is 30.3 Å². The minimum atomic E-state index is -2.91. The summed E-state index contributed by atoms with van der Waals surface area (Å²) >= 11 is 5.62. The van der Waals surface area contributed by atoms with E-state index < -0.39 is 5.92 Å². The molecular formula is C10H9ClF2. The maximum Gasteiger partial charge on any atom is 0.271 e. The maximum atomic E-state index is 12.9. The molecule has 0 aliphatic rings. The highest BCUT2D eigenvalue weighted by Crippen LogP contribution is 2.33. The van der Waals surface area contributed by atoms with Crippen molar-refractivity contribution in [2.75, 3.05) is 0 Å². The molecule has 0 aromatic heterocycles. The first-order valence-corrected chi connectivity index (χ1v) is 4.13. The van der Waals surface area contributed by atoms with E-state index in [1.165, 1.54) is 18.2 Å². The van der Waals surface area contributed by atoms with Crippen LogP contribution in [0.1, 0.15) is 18.1 Å². The lowest BCUT2D eigenvalue weighted by molar-refractivity contribution is 0.0176. The van der Waals surface area contributed by atoms with Gasteiger partial charge in [0.1, 0.15) is 0 Å². The standard InChI is InChI=1S/C10H9ClF2/c1-3-7-4-5-9(11)8(6-7)10(2,12)13/h3-6H,1H2,2H3. The van der Waals surface area contributed by atoms with E-state index in [0.717, 1.165) is 6.92 Å². The van der Waals surface area contributed by atoms with E-state index >= 15 is 0 Å². The van der Waals surface area contributed by atoms with Gasteiger partial charge in [-0.15, -0.1) is 0 Å². The summed E-state index contributed by atoms with van der Waals surface area (Å²) in [6.45, 7) is 4.32. The third-order valence-corrected chi connectivity index (χ3v) is 2.03. The maximum absolute atomic E-state index is 12.9. The number of alkyl halides is 2. The van der Waals surface area contributed by atoms with Gasteiger partial charge < -0.3 is 0 Å². The second kappa shape index (κ2) is 3.46. The van der Waals surface area contributed by atoms with Gasteiger partial charge in [0.25, 0.3) is 5.92 Å². The van der Waals surface area contributed by atoms with Gasteiger partial charge in [0.15, 0.2) is 0 Å². The van der Waals surface area contributed by atoms with Crippen LogP contribution in [-0.2, 0) is 5.92 Å². The van der Waals surface area contributed by atoms with Crippen molar-refractivity contribution in [2.45, 2.75) is 12.8 Å². The summed E-state index contributed by atoms with van der Waals surface area (Å²) in [4.78, 5) is 0. The van der Waals surface area contributed by atoms with E-state index in [1.54, 1.807) is 6.07 Å². The Morgan fingerprint density at radius 2 is 2.08 bits per heavy atom. The van der Waals surface area contributed by atoms with E-state index in [-0.39, 0.29) is 10.6 Å². The Morgan fingerprint density at radius 3 is 2.54 bits per heavy atom. The molecule has 0 amide bonds. The summed E-state index contributed by atoms with van der Waals surface area (Å²) in [5, 5.41) is 0.0816. The summed E-state index contributed by atoms with van der Waals surface area (Å²) in [6, 6.07) is 4.44. The normalized spacial score (nSPS) is 11.4. The fraction of sp³-hybridized carbons (Fsp3) is 0.200. The second-order valence-corrected chi connectivity index (χ2v) is 3.24. The minimum absolute atomic E-state index is 0.0816. The molecule has 0 heterocycles. The van der Waals surface area contributed by atoms with Crippen molar-refractivity contribution < 1.29 is 8.78 Å². The lowest BCUT2D eigenvalue weighted by Crippen LogP contribution is -2.07. The molecule has 0 saturated heterocycles. The van der Waals surface area contributed by atoms with Crippen LogP contribution >= 0.6 is 11.6 Å². The average molecular weight is 203 g/mol. The molecule has 13 heavy (non-hydrogen) atoms. The van der Waals surface area contributed by atoms with Crippen molar-refractivity contribution in [3.05, 3.63) is 40.9 Å². The molecule has 0 fully saturated rings. The Morgan fingerprint density at radius 1 is 1.46 bits per heavy atom. The molecule has 0 saturated carbocycles. The van der Waals surface area contributed by atoms with E-state index in [9.17, 15) is 8.78 Å². The van der Waals surface area contributed by atoms with Crippen LogP contribution in [0.5, 0.6) is 0 Å². The predicted molar refractivity (Wildman–Crippen MR) is 51.1 cm³/mol. The highest BCUT2D eigenvalue weighted by Gasteiger charge is 2.27.